The summed E-state index contributed by atoms with van der Waals surface area (Å²) in [7, 11) is 0. The molecule has 3 fully saturated rings. The van der Waals surface area contributed by atoms with Gasteiger partial charge in [0.1, 0.15) is 5.69 Å². The molecule has 3 aliphatic rings. The first-order chi connectivity index (χ1) is 14.8. The van der Waals surface area contributed by atoms with Gasteiger partial charge in [0, 0.05) is 37.4 Å². The molecule has 7 heteroatoms. The van der Waals surface area contributed by atoms with E-state index in [1.165, 1.54) is 12.4 Å². The van der Waals surface area contributed by atoms with Gasteiger partial charge in [0.05, 0.1) is 12.3 Å². The highest BCUT2D eigenvalue weighted by atomic mass is 16.3. The second-order valence-corrected chi connectivity index (χ2v) is 10.3. The Labute approximate surface area is 185 Å². The molecule has 0 unspecified atom stereocenters. The van der Waals surface area contributed by atoms with Crippen LogP contribution in [0.4, 0.5) is 0 Å². The van der Waals surface area contributed by atoms with Crippen molar-refractivity contribution in [3.05, 3.63) is 24.3 Å². The third-order valence-electron chi connectivity index (χ3n) is 8.45. The van der Waals surface area contributed by atoms with Gasteiger partial charge in [-0.3, -0.25) is 14.6 Å². The van der Waals surface area contributed by atoms with Gasteiger partial charge in [-0.15, -0.1) is 0 Å². The molecule has 31 heavy (non-hydrogen) atoms. The third-order valence-corrected chi connectivity index (χ3v) is 8.45. The quantitative estimate of drug-likeness (QED) is 0.769. The van der Waals surface area contributed by atoms with Crippen LogP contribution in [-0.2, 0) is 4.79 Å². The molecule has 7 nitrogen and oxygen atoms in total. The standard InChI is InChI=1S/C24H36N4O3/c1-15(23(31)28-12-4-5-13-28)17-6-8-24(3)9-7-18(16(2)20(24)21(17)29)27-22(30)19-14-25-10-11-26-19/h10-11,14-18,20-21,29H,4-9,12-13H2,1-3H3,(H,27,30)/t15-,16-,17+,18-,20+,21-,24+/m0/s1. The summed E-state index contributed by atoms with van der Waals surface area (Å²) in [6.07, 6.45) is 9.93. The molecule has 2 aliphatic carbocycles. The van der Waals surface area contributed by atoms with Crippen molar-refractivity contribution in [2.24, 2.45) is 29.1 Å². The first-order valence-electron chi connectivity index (χ1n) is 11.9. The van der Waals surface area contributed by atoms with Gasteiger partial charge in [-0.05, 0) is 61.7 Å². The van der Waals surface area contributed by atoms with Crippen molar-refractivity contribution >= 4 is 11.8 Å². The van der Waals surface area contributed by atoms with Crippen LogP contribution in [-0.4, -0.2) is 57.0 Å². The monoisotopic (exact) mass is 428 g/mol. The summed E-state index contributed by atoms with van der Waals surface area (Å²) in [5, 5.41) is 14.7. The lowest BCUT2D eigenvalue weighted by Gasteiger charge is -2.56. The predicted molar refractivity (Wildman–Crippen MR) is 117 cm³/mol. The van der Waals surface area contributed by atoms with Crippen LogP contribution in [0.25, 0.3) is 0 Å². The average Bonchev–Trinajstić information content (AvgIpc) is 3.30. The summed E-state index contributed by atoms with van der Waals surface area (Å²) in [5.74, 6) is -0.0381. The molecule has 1 aliphatic heterocycles. The zero-order valence-corrected chi connectivity index (χ0v) is 19.0. The van der Waals surface area contributed by atoms with E-state index in [-0.39, 0.29) is 46.9 Å². The lowest BCUT2D eigenvalue weighted by Crippen LogP contribution is -2.58. The third kappa shape index (κ3) is 4.21. The summed E-state index contributed by atoms with van der Waals surface area (Å²) in [6.45, 7) is 8.11. The number of aliphatic hydroxyl groups is 1. The van der Waals surface area contributed by atoms with E-state index in [9.17, 15) is 14.7 Å². The maximum Gasteiger partial charge on any atom is 0.271 e. The number of amides is 2. The summed E-state index contributed by atoms with van der Waals surface area (Å²) in [6, 6.07) is -0.0226. The minimum Gasteiger partial charge on any atom is -0.392 e. The van der Waals surface area contributed by atoms with Gasteiger partial charge in [0.25, 0.3) is 5.91 Å². The second-order valence-electron chi connectivity index (χ2n) is 10.3. The molecule has 1 aromatic heterocycles. The highest BCUT2D eigenvalue weighted by Gasteiger charge is 2.54. The van der Waals surface area contributed by atoms with Crippen molar-refractivity contribution in [3.8, 4) is 0 Å². The van der Waals surface area contributed by atoms with E-state index >= 15 is 0 Å². The van der Waals surface area contributed by atoms with E-state index in [4.69, 9.17) is 0 Å². The molecule has 2 N–H and O–H groups in total. The molecule has 170 valence electrons. The fraction of sp³-hybridized carbons (Fsp3) is 0.750. The Hall–Kier alpha value is -2.02. The molecular weight excluding hydrogens is 392 g/mol. The number of aliphatic hydroxyl groups excluding tert-OH is 1. The summed E-state index contributed by atoms with van der Waals surface area (Å²) >= 11 is 0. The molecule has 2 amide bonds. The van der Waals surface area contributed by atoms with Crippen LogP contribution in [0, 0.1) is 29.1 Å². The first kappa shape index (κ1) is 22.2. The first-order valence-corrected chi connectivity index (χ1v) is 11.9. The molecule has 7 atom stereocenters. The van der Waals surface area contributed by atoms with E-state index < -0.39 is 6.10 Å². The van der Waals surface area contributed by atoms with Gasteiger partial charge in [-0.1, -0.05) is 20.8 Å². The molecule has 2 saturated carbocycles. The van der Waals surface area contributed by atoms with Gasteiger partial charge in [0.15, 0.2) is 0 Å². The van der Waals surface area contributed by atoms with Crippen LogP contribution in [0.2, 0.25) is 0 Å². The fourth-order valence-corrected chi connectivity index (χ4v) is 6.56. The number of carbonyl (C=O) groups excluding carboxylic acids is 2. The number of carbonyl (C=O) groups is 2. The minimum atomic E-state index is -0.536. The number of rotatable bonds is 4. The van der Waals surface area contributed by atoms with Crippen LogP contribution in [0.3, 0.4) is 0 Å². The summed E-state index contributed by atoms with van der Waals surface area (Å²) in [5.41, 5.74) is 0.356. The van der Waals surface area contributed by atoms with Crippen LogP contribution in [0.1, 0.15) is 69.8 Å². The molecule has 0 aromatic carbocycles. The van der Waals surface area contributed by atoms with Gasteiger partial charge < -0.3 is 15.3 Å². The summed E-state index contributed by atoms with van der Waals surface area (Å²) in [4.78, 5) is 35.7. The van der Waals surface area contributed by atoms with Crippen molar-refractivity contribution in [2.75, 3.05) is 13.1 Å². The molecule has 0 spiro atoms. The average molecular weight is 429 g/mol. The Morgan fingerprint density at radius 2 is 1.94 bits per heavy atom. The van der Waals surface area contributed by atoms with Crippen LogP contribution < -0.4 is 5.32 Å². The SMILES string of the molecule is C[C@@H]1[C@@H]2[C@@H](O)[C@@H]([C@H](C)C(=O)N3CCCC3)CC[C@]2(C)CC[C@@H]1NC(=O)c1cnccn1. The van der Waals surface area contributed by atoms with Crippen LogP contribution in [0.15, 0.2) is 18.6 Å². The molecule has 4 rings (SSSR count). The number of hydrogen-bond acceptors (Lipinski definition) is 5. The zero-order chi connectivity index (χ0) is 22.2. The van der Waals surface area contributed by atoms with E-state index in [2.05, 4.69) is 29.1 Å². The van der Waals surface area contributed by atoms with Crippen LogP contribution >= 0.6 is 0 Å². The smallest absolute Gasteiger partial charge is 0.271 e. The van der Waals surface area contributed by atoms with Crippen molar-refractivity contribution in [1.29, 1.82) is 0 Å². The Morgan fingerprint density at radius 3 is 2.61 bits per heavy atom. The Bertz CT molecular complexity index is 797. The Morgan fingerprint density at radius 1 is 1.23 bits per heavy atom. The highest BCUT2D eigenvalue weighted by Crippen LogP contribution is 2.55. The molecule has 2 heterocycles. The molecule has 0 bridgehead atoms. The van der Waals surface area contributed by atoms with Gasteiger partial charge >= 0.3 is 0 Å². The van der Waals surface area contributed by atoms with Crippen molar-refractivity contribution in [1.82, 2.24) is 20.2 Å². The number of aromatic nitrogens is 2. The van der Waals surface area contributed by atoms with Crippen molar-refractivity contribution < 1.29 is 14.7 Å². The van der Waals surface area contributed by atoms with E-state index in [1.54, 1.807) is 6.20 Å². The van der Waals surface area contributed by atoms with Gasteiger partial charge in [0.2, 0.25) is 5.91 Å². The Kier molecular flexibility index (Phi) is 6.33. The zero-order valence-electron chi connectivity index (χ0n) is 19.0. The summed E-state index contributed by atoms with van der Waals surface area (Å²) < 4.78 is 0. The second kappa shape index (κ2) is 8.85. The normalized spacial score (nSPS) is 36.5. The maximum atomic E-state index is 13.0. The lowest BCUT2D eigenvalue weighted by molar-refractivity contribution is -0.149. The number of likely N-dealkylation sites (tertiary alicyclic amines) is 1. The maximum absolute atomic E-state index is 13.0. The van der Waals surface area contributed by atoms with E-state index in [1.807, 2.05) is 11.8 Å². The number of fused-ring (bicyclic) bond motifs is 1. The van der Waals surface area contributed by atoms with E-state index in [0.717, 1.165) is 51.6 Å². The van der Waals surface area contributed by atoms with Gasteiger partial charge in [-0.2, -0.15) is 0 Å². The number of hydrogen-bond donors (Lipinski definition) is 2. The minimum absolute atomic E-state index is 0.0226. The lowest BCUT2D eigenvalue weighted by atomic mass is 9.51. The fourth-order valence-electron chi connectivity index (χ4n) is 6.56. The predicted octanol–water partition coefficient (Wildman–Crippen LogP) is 2.66. The number of nitrogens with one attached hydrogen (secondary N) is 1. The Balaban J connectivity index is 1.48. The largest absolute Gasteiger partial charge is 0.392 e. The van der Waals surface area contributed by atoms with Crippen molar-refractivity contribution in [3.63, 3.8) is 0 Å². The molecular formula is C24H36N4O3. The highest BCUT2D eigenvalue weighted by molar-refractivity contribution is 5.92. The molecule has 1 aromatic rings. The van der Waals surface area contributed by atoms with Crippen molar-refractivity contribution in [2.45, 2.75) is 71.4 Å². The molecule has 1 saturated heterocycles. The van der Waals surface area contributed by atoms with Gasteiger partial charge in [-0.25, -0.2) is 4.98 Å². The van der Waals surface area contributed by atoms with Crippen LogP contribution in [0.5, 0.6) is 0 Å². The van der Waals surface area contributed by atoms with E-state index in [0.29, 0.717) is 5.69 Å². The molecule has 0 radical (unpaired) electrons. The number of nitrogens with zero attached hydrogens (tertiary/aromatic N) is 3. The topological polar surface area (TPSA) is 95.4 Å².